The highest BCUT2D eigenvalue weighted by Gasteiger charge is 2.08. The lowest BCUT2D eigenvalue weighted by molar-refractivity contribution is 0.289. The van der Waals surface area contributed by atoms with Crippen LogP contribution in [-0.2, 0) is 13.5 Å². The molecular formula is C12H16N2O. The maximum absolute atomic E-state index is 8.85. The Bertz CT molecular complexity index is 474. The van der Waals surface area contributed by atoms with Crippen LogP contribution in [0.4, 0.5) is 0 Å². The molecule has 0 atom stereocenters. The van der Waals surface area contributed by atoms with Crippen LogP contribution in [-0.4, -0.2) is 21.5 Å². The molecule has 0 unspecified atom stereocenters. The fraction of sp³-hybridized carbons (Fsp3) is 0.417. The zero-order valence-corrected chi connectivity index (χ0v) is 9.20. The minimum atomic E-state index is 0.246. The van der Waals surface area contributed by atoms with E-state index in [0.29, 0.717) is 0 Å². The Balaban J connectivity index is 2.54. The first-order valence-electron chi connectivity index (χ1n) is 5.26. The minimum Gasteiger partial charge on any atom is -0.396 e. The lowest BCUT2D eigenvalue weighted by atomic mass is 10.0. The first-order chi connectivity index (χ1) is 7.24. The molecule has 1 aromatic heterocycles. The normalized spacial score (nSPS) is 11.1. The molecule has 3 heteroatoms. The number of aryl methyl sites for hydroxylation is 3. The Labute approximate surface area is 89.3 Å². The van der Waals surface area contributed by atoms with E-state index in [0.717, 1.165) is 18.5 Å². The number of nitrogens with zero attached hydrogens (tertiary/aromatic N) is 2. The molecule has 1 N–H and O–H groups in total. The molecule has 2 rings (SSSR count). The van der Waals surface area contributed by atoms with Gasteiger partial charge in [0.15, 0.2) is 0 Å². The summed E-state index contributed by atoms with van der Waals surface area (Å²) >= 11 is 0. The molecule has 0 radical (unpaired) electrons. The molecule has 15 heavy (non-hydrogen) atoms. The van der Waals surface area contributed by atoms with Crippen LogP contribution in [0.1, 0.15) is 17.7 Å². The van der Waals surface area contributed by atoms with Gasteiger partial charge in [0.25, 0.3) is 0 Å². The maximum atomic E-state index is 8.85. The van der Waals surface area contributed by atoms with Crippen molar-refractivity contribution in [3.63, 3.8) is 0 Å². The summed E-state index contributed by atoms with van der Waals surface area (Å²) in [7, 11) is 1.96. The number of aromatic nitrogens is 2. The van der Waals surface area contributed by atoms with E-state index in [1.807, 2.05) is 18.7 Å². The molecule has 2 aromatic rings. The first kappa shape index (κ1) is 10.2. The third kappa shape index (κ3) is 1.75. The first-order valence-corrected chi connectivity index (χ1v) is 5.26. The molecule has 0 fully saturated rings. The number of aliphatic hydroxyl groups excluding tert-OH is 1. The van der Waals surface area contributed by atoms with Crippen molar-refractivity contribution in [3.8, 4) is 0 Å². The van der Waals surface area contributed by atoms with E-state index >= 15 is 0 Å². The average Bonchev–Trinajstić information content (AvgIpc) is 2.53. The summed E-state index contributed by atoms with van der Waals surface area (Å²) in [6.45, 7) is 2.28. The zero-order valence-electron chi connectivity index (χ0n) is 9.20. The molecule has 0 aliphatic heterocycles. The second kappa shape index (κ2) is 4.03. The van der Waals surface area contributed by atoms with Gasteiger partial charge in [-0.2, -0.15) is 5.10 Å². The SMILES string of the molecule is Cc1nn(C)c2cccc(CCCO)c12. The van der Waals surface area contributed by atoms with Crippen molar-refractivity contribution in [1.29, 1.82) is 0 Å². The zero-order chi connectivity index (χ0) is 10.8. The highest BCUT2D eigenvalue weighted by atomic mass is 16.2. The van der Waals surface area contributed by atoms with Crippen molar-refractivity contribution >= 4 is 10.9 Å². The molecule has 0 saturated carbocycles. The summed E-state index contributed by atoms with van der Waals surface area (Å²) in [5.41, 5.74) is 3.52. The molecule has 80 valence electrons. The van der Waals surface area contributed by atoms with Gasteiger partial charge in [-0.1, -0.05) is 12.1 Å². The summed E-state index contributed by atoms with van der Waals surface area (Å²) in [6, 6.07) is 6.25. The molecule has 0 bridgehead atoms. The second-order valence-electron chi connectivity index (χ2n) is 3.85. The van der Waals surface area contributed by atoms with E-state index in [1.165, 1.54) is 16.5 Å². The van der Waals surface area contributed by atoms with Gasteiger partial charge < -0.3 is 5.11 Å². The number of rotatable bonds is 3. The van der Waals surface area contributed by atoms with E-state index in [2.05, 4.69) is 23.3 Å². The predicted octanol–water partition coefficient (Wildman–Crippen LogP) is 1.81. The van der Waals surface area contributed by atoms with Crippen molar-refractivity contribution in [2.24, 2.45) is 7.05 Å². The van der Waals surface area contributed by atoms with Gasteiger partial charge in [0, 0.05) is 19.0 Å². The van der Waals surface area contributed by atoms with E-state index < -0.39 is 0 Å². The highest BCUT2D eigenvalue weighted by Crippen LogP contribution is 2.22. The quantitative estimate of drug-likeness (QED) is 0.828. The number of fused-ring (bicyclic) bond motifs is 1. The fourth-order valence-corrected chi connectivity index (χ4v) is 2.08. The topological polar surface area (TPSA) is 38.0 Å². The Morgan fingerprint density at radius 2 is 2.20 bits per heavy atom. The van der Waals surface area contributed by atoms with E-state index in [4.69, 9.17) is 5.11 Å². The summed E-state index contributed by atoms with van der Waals surface area (Å²) in [6.07, 6.45) is 1.73. The summed E-state index contributed by atoms with van der Waals surface area (Å²) in [5.74, 6) is 0. The molecular weight excluding hydrogens is 188 g/mol. The third-order valence-electron chi connectivity index (χ3n) is 2.74. The summed E-state index contributed by atoms with van der Waals surface area (Å²) in [4.78, 5) is 0. The smallest absolute Gasteiger partial charge is 0.0684 e. The monoisotopic (exact) mass is 204 g/mol. The van der Waals surface area contributed by atoms with Crippen molar-refractivity contribution in [2.45, 2.75) is 19.8 Å². The maximum Gasteiger partial charge on any atom is 0.0684 e. The lowest BCUT2D eigenvalue weighted by Gasteiger charge is -2.02. The molecule has 0 amide bonds. The molecule has 0 aliphatic rings. The third-order valence-corrected chi connectivity index (χ3v) is 2.74. The molecule has 0 aliphatic carbocycles. The predicted molar refractivity (Wildman–Crippen MR) is 60.9 cm³/mol. The highest BCUT2D eigenvalue weighted by molar-refractivity contribution is 5.85. The van der Waals surface area contributed by atoms with E-state index in [9.17, 15) is 0 Å². The van der Waals surface area contributed by atoms with Crippen molar-refractivity contribution in [3.05, 3.63) is 29.5 Å². The van der Waals surface area contributed by atoms with Gasteiger partial charge in [-0.15, -0.1) is 0 Å². The fourth-order valence-electron chi connectivity index (χ4n) is 2.08. The molecule has 0 spiro atoms. The second-order valence-corrected chi connectivity index (χ2v) is 3.85. The van der Waals surface area contributed by atoms with Gasteiger partial charge in [0.1, 0.15) is 0 Å². The van der Waals surface area contributed by atoms with Crippen LogP contribution in [0.5, 0.6) is 0 Å². The van der Waals surface area contributed by atoms with Gasteiger partial charge in [-0.25, -0.2) is 0 Å². The minimum absolute atomic E-state index is 0.246. The van der Waals surface area contributed by atoms with Crippen LogP contribution in [0.15, 0.2) is 18.2 Å². The molecule has 1 heterocycles. The Morgan fingerprint density at radius 3 is 2.93 bits per heavy atom. The van der Waals surface area contributed by atoms with Crippen LogP contribution < -0.4 is 0 Å². The van der Waals surface area contributed by atoms with Crippen LogP contribution in [0, 0.1) is 6.92 Å². The van der Waals surface area contributed by atoms with E-state index in [-0.39, 0.29) is 6.61 Å². The van der Waals surface area contributed by atoms with Gasteiger partial charge in [-0.05, 0) is 31.4 Å². The average molecular weight is 204 g/mol. The molecule has 3 nitrogen and oxygen atoms in total. The van der Waals surface area contributed by atoms with Crippen LogP contribution in [0.3, 0.4) is 0 Å². The van der Waals surface area contributed by atoms with E-state index in [1.54, 1.807) is 0 Å². The van der Waals surface area contributed by atoms with Crippen LogP contribution >= 0.6 is 0 Å². The lowest BCUT2D eigenvalue weighted by Crippen LogP contribution is -1.91. The Hall–Kier alpha value is -1.35. The number of benzene rings is 1. The number of hydrogen-bond acceptors (Lipinski definition) is 2. The summed E-state index contributed by atoms with van der Waals surface area (Å²) in [5, 5.41) is 14.5. The van der Waals surface area contributed by atoms with Crippen molar-refractivity contribution < 1.29 is 5.11 Å². The molecule has 0 saturated heterocycles. The van der Waals surface area contributed by atoms with Gasteiger partial charge in [0.05, 0.1) is 11.2 Å². The standard InChI is InChI=1S/C12H16N2O/c1-9-12-10(6-4-8-15)5-3-7-11(12)14(2)13-9/h3,5,7,15H,4,6,8H2,1-2H3. The Kier molecular flexibility index (Phi) is 2.73. The van der Waals surface area contributed by atoms with Crippen LogP contribution in [0.25, 0.3) is 10.9 Å². The summed E-state index contributed by atoms with van der Waals surface area (Å²) < 4.78 is 1.91. The molecule has 1 aromatic carbocycles. The van der Waals surface area contributed by atoms with Crippen molar-refractivity contribution in [2.75, 3.05) is 6.61 Å². The van der Waals surface area contributed by atoms with Gasteiger partial charge >= 0.3 is 0 Å². The van der Waals surface area contributed by atoms with Gasteiger partial charge in [0.2, 0.25) is 0 Å². The van der Waals surface area contributed by atoms with Gasteiger partial charge in [-0.3, -0.25) is 4.68 Å². The number of hydrogen-bond donors (Lipinski definition) is 1. The Morgan fingerprint density at radius 1 is 1.40 bits per heavy atom. The van der Waals surface area contributed by atoms with Crippen molar-refractivity contribution in [1.82, 2.24) is 9.78 Å². The number of aliphatic hydroxyl groups is 1. The van der Waals surface area contributed by atoms with Crippen LogP contribution in [0.2, 0.25) is 0 Å². The largest absolute Gasteiger partial charge is 0.396 e.